The monoisotopic (exact) mass is 437 g/mol. The summed E-state index contributed by atoms with van der Waals surface area (Å²) in [4.78, 5) is 12.7. The fraction of sp³-hybridized carbons (Fsp3) is 0.240. The molecule has 3 aromatic carbocycles. The number of carbonyl (C=O) groups is 1. The summed E-state index contributed by atoms with van der Waals surface area (Å²) < 4.78 is 30.6. The Bertz CT molecular complexity index is 1090. The second-order valence-corrected chi connectivity index (χ2v) is 9.62. The molecule has 0 aliphatic rings. The Morgan fingerprint density at radius 2 is 1.42 bits per heavy atom. The number of amides is 1. The number of sulfone groups is 1. The molecule has 0 unspecified atom stereocenters. The van der Waals surface area contributed by atoms with Crippen LogP contribution in [0.1, 0.15) is 40.9 Å². The molecule has 0 fully saturated rings. The van der Waals surface area contributed by atoms with Gasteiger partial charge >= 0.3 is 0 Å². The van der Waals surface area contributed by atoms with Crippen LogP contribution in [0.5, 0.6) is 0 Å². The molecule has 0 spiro atoms. The molecule has 0 radical (unpaired) electrons. The molecule has 1 N–H and O–H groups in total. The van der Waals surface area contributed by atoms with Crippen molar-refractivity contribution in [1.29, 1.82) is 0 Å². The number of nitrogens with one attached hydrogen (secondary N) is 1. The molecular formula is C25H27NO4S. The Morgan fingerprint density at radius 3 is 2.03 bits per heavy atom. The van der Waals surface area contributed by atoms with Crippen LogP contribution in [0.2, 0.25) is 0 Å². The molecule has 0 saturated heterocycles. The van der Waals surface area contributed by atoms with Crippen molar-refractivity contribution >= 4 is 15.7 Å². The van der Waals surface area contributed by atoms with E-state index >= 15 is 0 Å². The molecule has 5 nitrogen and oxygen atoms in total. The van der Waals surface area contributed by atoms with Gasteiger partial charge < -0.3 is 10.1 Å². The highest BCUT2D eigenvalue weighted by molar-refractivity contribution is 7.90. The Labute approximate surface area is 184 Å². The van der Waals surface area contributed by atoms with Crippen molar-refractivity contribution < 1.29 is 17.9 Å². The quantitative estimate of drug-likeness (QED) is 0.534. The van der Waals surface area contributed by atoms with E-state index in [4.69, 9.17) is 4.74 Å². The van der Waals surface area contributed by atoms with Gasteiger partial charge in [0, 0.05) is 12.1 Å². The van der Waals surface area contributed by atoms with Crippen LogP contribution in [-0.4, -0.2) is 20.4 Å². The van der Waals surface area contributed by atoms with E-state index in [0.29, 0.717) is 29.2 Å². The lowest BCUT2D eigenvalue weighted by Crippen LogP contribution is -2.22. The largest absolute Gasteiger partial charge is 0.374 e. The zero-order chi connectivity index (χ0) is 22.3. The van der Waals surface area contributed by atoms with Crippen LogP contribution in [0.3, 0.4) is 0 Å². The summed E-state index contributed by atoms with van der Waals surface area (Å²) in [5.41, 5.74) is 3.21. The second kappa shape index (κ2) is 10.4. The summed E-state index contributed by atoms with van der Waals surface area (Å²) in [7, 11) is -3.41. The molecule has 0 atom stereocenters. The van der Waals surface area contributed by atoms with Crippen molar-refractivity contribution in [2.24, 2.45) is 0 Å². The third kappa shape index (κ3) is 6.77. The number of hydrogen-bond donors (Lipinski definition) is 1. The van der Waals surface area contributed by atoms with Gasteiger partial charge in [-0.3, -0.25) is 4.79 Å². The van der Waals surface area contributed by atoms with Gasteiger partial charge in [0.25, 0.3) is 5.91 Å². The van der Waals surface area contributed by atoms with Crippen LogP contribution in [0.4, 0.5) is 0 Å². The molecule has 0 bridgehead atoms. The van der Waals surface area contributed by atoms with Gasteiger partial charge in [0.1, 0.15) is 0 Å². The van der Waals surface area contributed by atoms with Gasteiger partial charge in [0.15, 0.2) is 9.84 Å². The molecule has 0 saturated carbocycles. The number of benzene rings is 3. The SMILES string of the molecule is CC(C)OCc1ccc(CNC(=O)c2ccc(CS(=O)(=O)c3ccccc3)cc2)cc1. The summed E-state index contributed by atoms with van der Waals surface area (Å²) in [6, 6.07) is 22.9. The van der Waals surface area contributed by atoms with Crippen LogP contribution in [-0.2, 0) is 33.5 Å². The van der Waals surface area contributed by atoms with Gasteiger partial charge in [0.05, 0.1) is 23.4 Å². The van der Waals surface area contributed by atoms with E-state index in [1.807, 2.05) is 38.1 Å². The lowest BCUT2D eigenvalue weighted by molar-refractivity contribution is 0.0657. The molecule has 3 aromatic rings. The van der Waals surface area contributed by atoms with Crippen LogP contribution in [0.15, 0.2) is 83.8 Å². The molecule has 1 amide bonds. The summed E-state index contributed by atoms with van der Waals surface area (Å²) in [5.74, 6) is -0.309. The Balaban J connectivity index is 1.54. The molecule has 31 heavy (non-hydrogen) atoms. The first-order valence-corrected chi connectivity index (χ1v) is 11.8. The lowest BCUT2D eigenvalue weighted by Gasteiger charge is -2.09. The summed E-state index contributed by atoms with van der Waals surface area (Å²) >= 11 is 0. The minimum atomic E-state index is -3.41. The van der Waals surface area contributed by atoms with Crippen molar-refractivity contribution in [3.63, 3.8) is 0 Å². The normalized spacial score (nSPS) is 11.5. The van der Waals surface area contributed by atoms with Crippen LogP contribution in [0.25, 0.3) is 0 Å². The Morgan fingerprint density at radius 1 is 0.839 bits per heavy atom. The highest BCUT2D eigenvalue weighted by Gasteiger charge is 2.15. The van der Waals surface area contributed by atoms with E-state index < -0.39 is 9.84 Å². The minimum Gasteiger partial charge on any atom is -0.374 e. The van der Waals surface area contributed by atoms with E-state index in [1.165, 1.54) is 0 Å². The zero-order valence-electron chi connectivity index (χ0n) is 17.7. The molecule has 3 rings (SSSR count). The Kier molecular flexibility index (Phi) is 7.60. The smallest absolute Gasteiger partial charge is 0.251 e. The van der Waals surface area contributed by atoms with Gasteiger partial charge in [-0.25, -0.2) is 8.42 Å². The van der Waals surface area contributed by atoms with E-state index in [0.717, 1.165) is 11.1 Å². The van der Waals surface area contributed by atoms with E-state index in [-0.39, 0.29) is 17.8 Å². The van der Waals surface area contributed by atoms with Gasteiger partial charge in [-0.2, -0.15) is 0 Å². The standard InChI is InChI=1S/C25H27NO4S/c1-19(2)30-17-21-10-8-20(9-11-21)16-26-25(27)23-14-12-22(13-15-23)18-31(28,29)24-6-4-3-5-7-24/h3-15,19H,16-18H2,1-2H3,(H,26,27). The maximum atomic E-state index is 12.5. The van der Waals surface area contributed by atoms with Gasteiger partial charge in [-0.05, 0) is 54.8 Å². The summed E-state index contributed by atoms with van der Waals surface area (Å²) in [6.45, 7) is 4.97. The maximum absolute atomic E-state index is 12.5. The first kappa shape index (κ1) is 22.7. The maximum Gasteiger partial charge on any atom is 0.251 e. The molecule has 0 aromatic heterocycles. The molecule has 0 aliphatic carbocycles. The molecular weight excluding hydrogens is 410 g/mol. The zero-order valence-corrected chi connectivity index (χ0v) is 18.6. The second-order valence-electron chi connectivity index (χ2n) is 7.63. The average Bonchev–Trinajstić information content (AvgIpc) is 2.77. The van der Waals surface area contributed by atoms with E-state index in [2.05, 4.69) is 5.32 Å². The lowest BCUT2D eigenvalue weighted by atomic mass is 10.1. The first-order valence-electron chi connectivity index (χ1n) is 10.2. The fourth-order valence-corrected chi connectivity index (χ4v) is 4.35. The highest BCUT2D eigenvalue weighted by Crippen LogP contribution is 2.16. The molecule has 0 aliphatic heterocycles. The van der Waals surface area contributed by atoms with Crippen LogP contribution < -0.4 is 5.32 Å². The van der Waals surface area contributed by atoms with Gasteiger partial charge in [-0.1, -0.05) is 54.6 Å². The fourth-order valence-electron chi connectivity index (χ4n) is 2.98. The van der Waals surface area contributed by atoms with Crippen molar-refractivity contribution in [3.8, 4) is 0 Å². The highest BCUT2D eigenvalue weighted by atomic mass is 32.2. The van der Waals surface area contributed by atoms with E-state index in [9.17, 15) is 13.2 Å². The molecule has 0 heterocycles. The van der Waals surface area contributed by atoms with Crippen molar-refractivity contribution in [2.45, 2.75) is 43.8 Å². The molecule has 162 valence electrons. The van der Waals surface area contributed by atoms with E-state index in [1.54, 1.807) is 54.6 Å². The minimum absolute atomic E-state index is 0.105. The predicted octanol–water partition coefficient (Wildman–Crippen LogP) is 4.52. The average molecular weight is 438 g/mol. The number of carbonyl (C=O) groups excluding carboxylic acids is 1. The van der Waals surface area contributed by atoms with Crippen LogP contribution in [0, 0.1) is 0 Å². The van der Waals surface area contributed by atoms with Gasteiger partial charge in [0.2, 0.25) is 0 Å². The Hall–Kier alpha value is -2.96. The topological polar surface area (TPSA) is 72.5 Å². The van der Waals surface area contributed by atoms with Crippen LogP contribution >= 0.6 is 0 Å². The third-order valence-electron chi connectivity index (χ3n) is 4.73. The number of rotatable bonds is 9. The number of ether oxygens (including phenoxy) is 1. The third-order valence-corrected chi connectivity index (χ3v) is 6.44. The van der Waals surface area contributed by atoms with Crippen molar-refractivity contribution in [2.75, 3.05) is 0 Å². The number of hydrogen-bond acceptors (Lipinski definition) is 4. The van der Waals surface area contributed by atoms with Gasteiger partial charge in [-0.15, -0.1) is 0 Å². The summed E-state index contributed by atoms with van der Waals surface area (Å²) in [5, 5.41) is 2.89. The van der Waals surface area contributed by atoms with Crippen molar-refractivity contribution in [1.82, 2.24) is 5.32 Å². The predicted molar refractivity (Wildman–Crippen MR) is 121 cm³/mol. The first-order chi connectivity index (χ1) is 14.8. The summed E-state index contributed by atoms with van der Waals surface area (Å²) in [6.07, 6.45) is 0.184. The van der Waals surface area contributed by atoms with Crippen molar-refractivity contribution in [3.05, 3.63) is 101 Å². The molecule has 6 heteroatoms.